The van der Waals surface area contributed by atoms with Crippen molar-refractivity contribution in [2.75, 3.05) is 33.9 Å². The van der Waals surface area contributed by atoms with E-state index < -0.39 is 17.5 Å². The van der Waals surface area contributed by atoms with E-state index in [1.165, 1.54) is 20.3 Å². The van der Waals surface area contributed by atoms with Crippen LogP contribution in [0.3, 0.4) is 0 Å². The number of piperidine rings is 1. The van der Waals surface area contributed by atoms with Crippen molar-refractivity contribution >= 4 is 18.0 Å². The molecular formula is C28H40N2O7. The first-order valence-corrected chi connectivity index (χ1v) is 13.1. The minimum Gasteiger partial charge on any atom is -0.490 e. The highest BCUT2D eigenvalue weighted by atomic mass is 16.6. The van der Waals surface area contributed by atoms with Crippen LogP contribution in [0.2, 0.25) is 0 Å². The minimum atomic E-state index is -0.608. The van der Waals surface area contributed by atoms with Gasteiger partial charge < -0.3 is 23.8 Å². The van der Waals surface area contributed by atoms with Crippen LogP contribution in [0.15, 0.2) is 18.2 Å². The number of ether oxygens (including phenoxy) is 4. The van der Waals surface area contributed by atoms with Crippen LogP contribution in [0, 0.1) is 17.8 Å². The van der Waals surface area contributed by atoms with Crippen LogP contribution in [0.25, 0.3) is 0 Å². The summed E-state index contributed by atoms with van der Waals surface area (Å²) in [7, 11) is 2.55. The Balaban J connectivity index is 1.29. The molecule has 0 N–H and O–H groups in total. The van der Waals surface area contributed by atoms with Gasteiger partial charge in [0.2, 0.25) is 0 Å². The zero-order valence-corrected chi connectivity index (χ0v) is 23.0. The second-order valence-electron chi connectivity index (χ2n) is 11.7. The maximum absolute atomic E-state index is 12.4. The van der Waals surface area contributed by atoms with E-state index in [0.29, 0.717) is 35.6 Å². The van der Waals surface area contributed by atoms with Crippen molar-refractivity contribution in [1.29, 1.82) is 0 Å². The summed E-state index contributed by atoms with van der Waals surface area (Å²) in [4.78, 5) is 41.0. The van der Waals surface area contributed by atoms with Gasteiger partial charge in [0.05, 0.1) is 25.3 Å². The second kappa shape index (κ2) is 10.5. The molecule has 1 unspecified atom stereocenters. The maximum atomic E-state index is 12.4. The van der Waals surface area contributed by atoms with E-state index in [0.717, 1.165) is 32.5 Å². The molecule has 2 saturated carbocycles. The molecule has 3 aliphatic rings. The number of carbonyl (C=O) groups excluding carboxylic acids is 3. The Morgan fingerprint density at radius 1 is 1.00 bits per heavy atom. The second-order valence-corrected chi connectivity index (χ2v) is 11.7. The quantitative estimate of drug-likeness (QED) is 0.378. The van der Waals surface area contributed by atoms with Crippen molar-refractivity contribution in [3.8, 4) is 5.75 Å². The predicted molar refractivity (Wildman–Crippen MR) is 137 cm³/mol. The Morgan fingerprint density at radius 2 is 1.59 bits per heavy atom. The molecule has 0 radical (unpaired) electrons. The van der Waals surface area contributed by atoms with Crippen molar-refractivity contribution in [3.63, 3.8) is 0 Å². The third-order valence-corrected chi connectivity index (χ3v) is 7.75. The first-order chi connectivity index (χ1) is 17.4. The van der Waals surface area contributed by atoms with E-state index >= 15 is 0 Å². The number of hydrogen-bond acceptors (Lipinski definition) is 8. The fraction of sp³-hybridized carbons (Fsp3) is 0.679. The van der Waals surface area contributed by atoms with Crippen LogP contribution in [0.4, 0.5) is 4.79 Å². The molecule has 1 aromatic rings. The highest BCUT2D eigenvalue weighted by Crippen LogP contribution is 2.53. The molecule has 2 aliphatic carbocycles. The van der Waals surface area contributed by atoms with Gasteiger partial charge in [-0.1, -0.05) is 0 Å². The van der Waals surface area contributed by atoms with Crippen LogP contribution in [-0.2, 0) is 14.2 Å². The zero-order chi connectivity index (χ0) is 27.1. The fourth-order valence-corrected chi connectivity index (χ4v) is 5.68. The summed E-state index contributed by atoms with van der Waals surface area (Å²) in [5.41, 5.74) is -0.184. The van der Waals surface area contributed by atoms with Gasteiger partial charge in [0, 0.05) is 44.6 Å². The molecule has 9 nitrogen and oxygen atoms in total. The number of benzene rings is 1. The molecule has 3 atom stereocenters. The smallest absolute Gasteiger partial charge is 0.410 e. The number of likely N-dealkylation sites (tertiary alicyclic amines) is 1. The largest absolute Gasteiger partial charge is 0.490 e. The lowest BCUT2D eigenvalue weighted by molar-refractivity contribution is -0.00313. The molecule has 0 aromatic heterocycles. The molecule has 1 saturated heterocycles. The van der Waals surface area contributed by atoms with Gasteiger partial charge in [0.15, 0.2) is 0 Å². The molecule has 1 aliphatic heterocycles. The molecule has 1 heterocycles. The molecule has 4 rings (SSSR count). The first-order valence-electron chi connectivity index (χ1n) is 13.1. The van der Waals surface area contributed by atoms with E-state index in [2.05, 4.69) is 18.7 Å². The van der Waals surface area contributed by atoms with E-state index in [9.17, 15) is 14.4 Å². The molecule has 1 amide bonds. The Bertz CT molecular complexity index is 1020. The number of amides is 1. The highest BCUT2D eigenvalue weighted by Gasteiger charge is 2.58. The Hall–Kier alpha value is -2.81. The summed E-state index contributed by atoms with van der Waals surface area (Å²) in [6, 6.07) is 5.62. The standard InChI is InChI=1S/C28H40N2O7/c1-16(2)30(15-24-22-13-29(14-23(22)24)27(33)37-28(3,4)5)17-10-19(11-17)36-18-8-9-20(25(31)34-6)21(12-18)26(32)35-7/h8-9,12,16-17,19,22-24H,10-11,13-15H2,1-7H3/t17-,19-,22-,23?,24-/m0/s1. The summed E-state index contributed by atoms with van der Waals surface area (Å²) in [5.74, 6) is 1.07. The summed E-state index contributed by atoms with van der Waals surface area (Å²) >= 11 is 0. The lowest BCUT2D eigenvalue weighted by Gasteiger charge is -2.45. The summed E-state index contributed by atoms with van der Waals surface area (Å²) in [6.45, 7) is 12.8. The van der Waals surface area contributed by atoms with E-state index in [1.54, 1.807) is 12.1 Å². The van der Waals surface area contributed by atoms with Crippen LogP contribution in [0.5, 0.6) is 5.75 Å². The third-order valence-electron chi connectivity index (χ3n) is 7.75. The van der Waals surface area contributed by atoms with E-state index in [1.807, 2.05) is 25.7 Å². The van der Waals surface area contributed by atoms with Crippen molar-refractivity contribution in [1.82, 2.24) is 9.80 Å². The topological polar surface area (TPSA) is 94.6 Å². The molecule has 204 valence electrons. The molecule has 9 heteroatoms. The number of hydrogen-bond donors (Lipinski definition) is 0. The van der Waals surface area contributed by atoms with Crippen molar-refractivity contribution < 1.29 is 33.3 Å². The van der Waals surface area contributed by atoms with Gasteiger partial charge in [0.1, 0.15) is 17.5 Å². The first kappa shape index (κ1) is 27.2. The number of fused-ring (bicyclic) bond motifs is 1. The van der Waals surface area contributed by atoms with Gasteiger partial charge >= 0.3 is 18.0 Å². The van der Waals surface area contributed by atoms with Crippen LogP contribution in [0.1, 0.15) is 68.2 Å². The maximum Gasteiger partial charge on any atom is 0.410 e. The monoisotopic (exact) mass is 516 g/mol. The van der Waals surface area contributed by atoms with Crippen molar-refractivity contribution in [2.24, 2.45) is 17.8 Å². The van der Waals surface area contributed by atoms with Crippen LogP contribution < -0.4 is 4.74 Å². The average molecular weight is 517 g/mol. The van der Waals surface area contributed by atoms with Crippen molar-refractivity contribution in [2.45, 2.75) is 71.2 Å². The molecule has 1 aromatic carbocycles. The summed E-state index contributed by atoms with van der Waals surface area (Å²) in [5, 5.41) is 0. The van der Waals surface area contributed by atoms with E-state index in [4.69, 9.17) is 18.9 Å². The summed E-state index contributed by atoms with van der Waals surface area (Å²) in [6.07, 6.45) is 1.64. The molecule has 0 bridgehead atoms. The predicted octanol–water partition coefficient (Wildman–Crippen LogP) is 3.99. The molecular weight excluding hydrogens is 476 g/mol. The zero-order valence-electron chi connectivity index (χ0n) is 23.0. The minimum absolute atomic E-state index is 0.0436. The number of esters is 2. The van der Waals surface area contributed by atoms with Gasteiger partial charge in [-0.05, 0) is 70.6 Å². The third kappa shape index (κ3) is 6.03. The average Bonchev–Trinajstić information content (AvgIpc) is 3.24. The number of nitrogens with zero attached hydrogens (tertiary/aromatic N) is 2. The lowest BCUT2D eigenvalue weighted by atomic mass is 9.86. The van der Waals surface area contributed by atoms with Crippen LogP contribution in [-0.4, -0.2) is 85.5 Å². The van der Waals surface area contributed by atoms with Gasteiger partial charge in [-0.15, -0.1) is 0 Å². The van der Waals surface area contributed by atoms with Gasteiger partial charge in [-0.3, -0.25) is 4.90 Å². The number of methoxy groups -OCH3 is 2. The lowest BCUT2D eigenvalue weighted by Crippen LogP contribution is -2.52. The fourth-order valence-electron chi connectivity index (χ4n) is 5.68. The summed E-state index contributed by atoms with van der Waals surface area (Å²) < 4.78 is 21.3. The van der Waals surface area contributed by atoms with Gasteiger partial charge in [-0.2, -0.15) is 0 Å². The Labute approximate surface area is 219 Å². The SMILES string of the molecule is COC(=O)c1ccc(O[C@H]2C[C@H](N(C[C@@H]3C4CN(C(=O)OC(C)(C)C)C[C@@H]43)C(C)C)C2)cc1C(=O)OC. The van der Waals surface area contributed by atoms with Gasteiger partial charge in [-0.25, -0.2) is 14.4 Å². The number of rotatable bonds is 8. The molecule has 37 heavy (non-hydrogen) atoms. The van der Waals surface area contributed by atoms with Gasteiger partial charge in [0.25, 0.3) is 0 Å². The van der Waals surface area contributed by atoms with Crippen molar-refractivity contribution in [3.05, 3.63) is 29.3 Å². The Morgan fingerprint density at radius 3 is 2.14 bits per heavy atom. The van der Waals surface area contributed by atoms with E-state index in [-0.39, 0.29) is 23.3 Å². The Kier molecular flexibility index (Phi) is 7.74. The number of carbonyl (C=O) groups is 3. The highest BCUT2D eigenvalue weighted by molar-refractivity contribution is 6.03. The van der Waals surface area contributed by atoms with Crippen LogP contribution >= 0.6 is 0 Å². The normalized spacial score (nSPS) is 26.4. The molecule has 3 fully saturated rings. The molecule has 0 spiro atoms.